The molecule has 80 valence electrons. The predicted octanol–water partition coefficient (Wildman–Crippen LogP) is 1.67. The maximum Gasteiger partial charge on any atom is 0.228 e. The first-order valence-corrected chi connectivity index (χ1v) is 4.98. The van der Waals surface area contributed by atoms with Gasteiger partial charge in [-0.1, -0.05) is 0 Å². The number of nitrogen functional groups attached to an aromatic ring is 1. The summed E-state index contributed by atoms with van der Waals surface area (Å²) in [5.41, 5.74) is 9.05. The molecule has 1 aromatic rings. The lowest BCUT2D eigenvalue weighted by molar-refractivity contribution is -0.115. The van der Waals surface area contributed by atoms with Crippen LogP contribution in [0.15, 0.2) is 12.1 Å². The van der Waals surface area contributed by atoms with Crippen molar-refractivity contribution >= 4 is 17.3 Å². The molecule has 1 heterocycles. The number of amides is 1. The van der Waals surface area contributed by atoms with Gasteiger partial charge in [-0.3, -0.25) is 9.18 Å². The molecule has 0 radical (unpaired) electrons. The average molecular weight is 208 g/mol. The molecule has 3 N–H and O–H groups in total. The molecule has 0 saturated heterocycles. The molecule has 4 heteroatoms. The molecule has 0 spiro atoms. The highest BCUT2D eigenvalue weighted by Gasteiger charge is 2.20. The van der Waals surface area contributed by atoms with Gasteiger partial charge < -0.3 is 11.1 Å². The molecule has 0 saturated carbocycles. The minimum Gasteiger partial charge on any atom is -0.399 e. The van der Waals surface area contributed by atoms with Crippen LogP contribution in [0.25, 0.3) is 0 Å². The Balaban J connectivity index is 2.34. The van der Waals surface area contributed by atoms with Crippen LogP contribution in [0.1, 0.15) is 17.5 Å². The fourth-order valence-corrected chi connectivity index (χ4v) is 1.91. The zero-order chi connectivity index (χ0) is 10.8. The highest BCUT2D eigenvalue weighted by Crippen LogP contribution is 2.30. The van der Waals surface area contributed by atoms with Crippen molar-refractivity contribution < 1.29 is 9.18 Å². The minimum absolute atomic E-state index is 0.0166. The first-order valence-electron chi connectivity index (χ1n) is 4.98. The van der Waals surface area contributed by atoms with Crippen molar-refractivity contribution in [2.45, 2.75) is 19.3 Å². The van der Waals surface area contributed by atoms with Crippen LogP contribution in [0.3, 0.4) is 0 Å². The maximum absolute atomic E-state index is 12.1. The SMILES string of the molecule is Nc1cc(CCCF)c2c(c1)CC(=O)N2. The molecule has 1 aliphatic rings. The average Bonchev–Trinajstić information content (AvgIpc) is 2.54. The third-order valence-electron chi connectivity index (χ3n) is 2.52. The van der Waals surface area contributed by atoms with Crippen LogP contribution in [-0.4, -0.2) is 12.6 Å². The number of carbonyl (C=O) groups excluding carboxylic acids is 1. The van der Waals surface area contributed by atoms with E-state index < -0.39 is 0 Å². The largest absolute Gasteiger partial charge is 0.399 e. The van der Waals surface area contributed by atoms with E-state index in [1.54, 1.807) is 12.1 Å². The Hall–Kier alpha value is -1.58. The number of nitrogens with one attached hydrogen (secondary N) is 1. The zero-order valence-corrected chi connectivity index (χ0v) is 8.35. The highest BCUT2D eigenvalue weighted by molar-refractivity contribution is 6.00. The van der Waals surface area contributed by atoms with E-state index in [4.69, 9.17) is 5.73 Å². The summed E-state index contributed by atoms with van der Waals surface area (Å²) in [5, 5.41) is 2.79. The summed E-state index contributed by atoms with van der Waals surface area (Å²) in [4.78, 5) is 11.2. The van der Waals surface area contributed by atoms with Gasteiger partial charge >= 0.3 is 0 Å². The molecule has 0 aliphatic carbocycles. The van der Waals surface area contributed by atoms with E-state index in [-0.39, 0.29) is 12.6 Å². The van der Waals surface area contributed by atoms with Crippen molar-refractivity contribution in [3.05, 3.63) is 23.3 Å². The number of carbonyl (C=O) groups is 1. The number of halogens is 1. The second kappa shape index (κ2) is 3.88. The second-order valence-electron chi connectivity index (χ2n) is 3.73. The number of aryl methyl sites for hydroxylation is 1. The summed E-state index contributed by atoms with van der Waals surface area (Å²) in [6.07, 6.45) is 1.46. The Morgan fingerprint density at radius 1 is 1.47 bits per heavy atom. The molecule has 1 aromatic carbocycles. The molecule has 0 bridgehead atoms. The number of hydrogen-bond donors (Lipinski definition) is 2. The molecule has 0 fully saturated rings. The molecular weight excluding hydrogens is 195 g/mol. The molecule has 1 amide bonds. The zero-order valence-electron chi connectivity index (χ0n) is 8.35. The van der Waals surface area contributed by atoms with Gasteiger partial charge in [-0.05, 0) is 36.1 Å². The Bertz CT molecular complexity index is 404. The fourth-order valence-electron chi connectivity index (χ4n) is 1.91. The molecule has 2 rings (SSSR count). The van der Waals surface area contributed by atoms with Crippen molar-refractivity contribution in [1.82, 2.24) is 0 Å². The van der Waals surface area contributed by atoms with E-state index in [0.29, 0.717) is 24.9 Å². The van der Waals surface area contributed by atoms with Crippen molar-refractivity contribution in [3.63, 3.8) is 0 Å². The van der Waals surface area contributed by atoms with Crippen LogP contribution >= 0.6 is 0 Å². The summed E-state index contributed by atoms with van der Waals surface area (Å²) >= 11 is 0. The predicted molar refractivity (Wildman–Crippen MR) is 57.5 cm³/mol. The van der Waals surface area contributed by atoms with Crippen LogP contribution in [0.2, 0.25) is 0 Å². The van der Waals surface area contributed by atoms with Crippen LogP contribution in [0.5, 0.6) is 0 Å². The molecule has 1 aliphatic heterocycles. The standard InChI is InChI=1S/C11H13FN2O/c12-3-1-2-7-4-9(13)5-8-6-10(15)14-11(7)8/h4-5H,1-3,6,13H2,(H,14,15). The van der Waals surface area contributed by atoms with Gasteiger partial charge in [0.1, 0.15) is 0 Å². The van der Waals surface area contributed by atoms with E-state index >= 15 is 0 Å². The lowest BCUT2D eigenvalue weighted by Crippen LogP contribution is -2.05. The third-order valence-corrected chi connectivity index (χ3v) is 2.52. The molecule has 3 nitrogen and oxygen atoms in total. The minimum atomic E-state index is -0.350. The van der Waals surface area contributed by atoms with E-state index in [9.17, 15) is 9.18 Å². The summed E-state index contributed by atoms with van der Waals surface area (Å²) in [7, 11) is 0. The maximum atomic E-state index is 12.1. The number of alkyl halides is 1. The number of rotatable bonds is 3. The molecule has 0 aromatic heterocycles. The van der Waals surface area contributed by atoms with Crippen LogP contribution in [0.4, 0.5) is 15.8 Å². The summed E-state index contributed by atoms with van der Waals surface area (Å²) < 4.78 is 12.1. The molecular formula is C11H13FN2O. The van der Waals surface area contributed by atoms with Gasteiger partial charge in [-0.25, -0.2) is 0 Å². The van der Waals surface area contributed by atoms with Crippen LogP contribution < -0.4 is 11.1 Å². The lowest BCUT2D eigenvalue weighted by atomic mass is 10.0. The summed E-state index contributed by atoms with van der Waals surface area (Å²) in [6, 6.07) is 3.60. The number of benzene rings is 1. The van der Waals surface area contributed by atoms with Crippen LogP contribution in [-0.2, 0) is 17.6 Å². The van der Waals surface area contributed by atoms with Crippen molar-refractivity contribution in [2.75, 3.05) is 17.7 Å². The van der Waals surface area contributed by atoms with Gasteiger partial charge in [0.15, 0.2) is 0 Å². The van der Waals surface area contributed by atoms with Crippen molar-refractivity contribution in [1.29, 1.82) is 0 Å². The lowest BCUT2D eigenvalue weighted by Gasteiger charge is -2.08. The Morgan fingerprint density at radius 2 is 2.27 bits per heavy atom. The summed E-state index contributed by atoms with van der Waals surface area (Å²) in [6.45, 7) is -0.350. The van der Waals surface area contributed by atoms with E-state index in [1.165, 1.54) is 0 Å². The first kappa shape index (κ1) is 9.96. The van der Waals surface area contributed by atoms with Gasteiger partial charge in [0.05, 0.1) is 13.1 Å². The van der Waals surface area contributed by atoms with Gasteiger partial charge in [0.2, 0.25) is 5.91 Å². The third kappa shape index (κ3) is 1.93. The van der Waals surface area contributed by atoms with Crippen molar-refractivity contribution in [2.24, 2.45) is 0 Å². The topological polar surface area (TPSA) is 55.1 Å². The summed E-state index contributed by atoms with van der Waals surface area (Å²) in [5.74, 6) is -0.0166. The Kier molecular flexibility index (Phi) is 2.58. The van der Waals surface area contributed by atoms with Gasteiger partial charge in [-0.2, -0.15) is 0 Å². The highest BCUT2D eigenvalue weighted by atomic mass is 19.1. The van der Waals surface area contributed by atoms with Gasteiger partial charge in [-0.15, -0.1) is 0 Å². The number of anilines is 2. The van der Waals surface area contributed by atoms with Gasteiger partial charge in [0, 0.05) is 11.4 Å². The Morgan fingerprint density at radius 3 is 3.00 bits per heavy atom. The van der Waals surface area contributed by atoms with E-state index in [2.05, 4.69) is 5.32 Å². The van der Waals surface area contributed by atoms with E-state index in [0.717, 1.165) is 16.8 Å². The Labute approximate surface area is 87.5 Å². The number of fused-ring (bicyclic) bond motifs is 1. The molecule has 0 unspecified atom stereocenters. The smallest absolute Gasteiger partial charge is 0.228 e. The fraction of sp³-hybridized carbons (Fsp3) is 0.364. The monoisotopic (exact) mass is 208 g/mol. The molecule has 15 heavy (non-hydrogen) atoms. The normalized spacial score (nSPS) is 13.8. The van der Waals surface area contributed by atoms with E-state index in [1.807, 2.05) is 0 Å². The van der Waals surface area contributed by atoms with Crippen LogP contribution in [0, 0.1) is 0 Å². The number of hydrogen-bond acceptors (Lipinski definition) is 2. The molecule has 0 atom stereocenters. The second-order valence-corrected chi connectivity index (χ2v) is 3.73. The first-order chi connectivity index (χ1) is 7.20. The number of nitrogens with two attached hydrogens (primary N) is 1. The van der Waals surface area contributed by atoms with Crippen molar-refractivity contribution in [3.8, 4) is 0 Å². The quantitative estimate of drug-likeness (QED) is 0.742. The van der Waals surface area contributed by atoms with Gasteiger partial charge in [0.25, 0.3) is 0 Å².